The molecule has 252 valence electrons. The lowest BCUT2D eigenvalue weighted by molar-refractivity contribution is -0.211. The normalized spacial score (nSPS) is 13.4. The topological polar surface area (TPSA) is 39.2 Å². The molecule has 7 rings (SSSR count). The summed E-state index contributed by atoms with van der Waals surface area (Å²) in [5.41, 5.74) is 1.65. The number of furan rings is 2. The number of fused-ring (bicyclic) bond motifs is 6. The fourth-order valence-electron chi connectivity index (χ4n) is 6.57. The quantitative estimate of drug-likeness (QED) is 0.165. The zero-order valence-corrected chi connectivity index (χ0v) is 27.5. The molecule has 0 bridgehead atoms. The van der Waals surface area contributed by atoms with Gasteiger partial charge in [-0.15, -0.1) is 0 Å². The summed E-state index contributed by atoms with van der Waals surface area (Å²) in [6, 6.07) is 23.9. The van der Waals surface area contributed by atoms with Crippen molar-refractivity contribution < 1.29 is 35.2 Å². The molecule has 0 N–H and O–H groups in total. The highest BCUT2D eigenvalue weighted by Crippen LogP contribution is 2.45. The van der Waals surface area contributed by atoms with E-state index in [0.717, 1.165) is 38.1 Å². The van der Waals surface area contributed by atoms with Gasteiger partial charge in [0.1, 0.15) is 22.5 Å². The van der Waals surface area contributed by atoms with Crippen LogP contribution in [0.3, 0.4) is 0 Å². The van der Waals surface area contributed by atoms with Crippen molar-refractivity contribution >= 4 is 43.7 Å². The van der Waals surface area contributed by atoms with Gasteiger partial charge in [-0.05, 0) is 72.0 Å². The van der Waals surface area contributed by atoms with Crippen molar-refractivity contribution in [2.45, 2.75) is 59.8 Å². The third-order valence-corrected chi connectivity index (χ3v) is 9.66. The van der Waals surface area contributed by atoms with E-state index in [1.54, 1.807) is 36.5 Å². The van der Waals surface area contributed by atoms with Crippen LogP contribution in [0.25, 0.3) is 66.3 Å². The second-order valence-corrected chi connectivity index (χ2v) is 14.2. The van der Waals surface area contributed by atoms with Crippen molar-refractivity contribution in [3.05, 3.63) is 102 Å². The third-order valence-electron chi connectivity index (χ3n) is 9.66. The van der Waals surface area contributed by atoms with Gasteiger partial charge < -0.3 is 8.83 Å². The first-order valence-electron chi connectivity index (χ1n) is 15.9. The van der Waals surface area contributed by atoms with Gasteiger partial charge in [0.2, 0.25) is 0 Å². The number of pyridine rings is 1. The zero-order chi connectivity index (χ0) is 35.1. The smallest absolute Gasteiger partial charge is 0.394 e. The van der Waals surface area contributed by atoms with Crippen LogP contribution in [0, 0.1) is 17.8 Å². The molecule has 3 nitrogen and oxygen atoms in total. The molecule has 3 heterocycles. The standard InChI is InChI=1S/C40H33F6NO2/c1-22-27-12-10-23(20-37(2,3)39(41,42)43)16-32(27)48-35(22)26-14-15-47-31(19-26)30-18-25-8-6-7-9-28(25)34-29-13-11-24(17-33(29)49-36(30)34)21-38(4,5)40(44,45)46/h6-19H,20-21H2,1-5H3. The lowest BCUT2D eigenvalue weighted by Gasteiger charge is -2.27. The Morgan fingerprint density at radius 3 is 1.86 bits per heavy atom. The van der Waals surface area contributed by atoms with Crippen LogP contribution in [0.15, 0.2) is 93.9 Å². The lowest BCUT2D eigenvalue weighted by Crippen LogP contribution is -2.34. The molecule has 3 aromatic heterocycles. The first-order valence-corrected chi connectivity index (χ1v) is 15.9. The molecular formula is C40H33F6NO2. The summed E-state index contributed by atoms with van der Waals surface area (Å²) in [5, 5.41) is 4.31. The second-order valence-electron chi connectivity index (χ2n) is 14.2. The first kappa shape index (κ1) is 32.7. The molecule has 0 aliphatic carbocycles. The van der Waals surface area contributed by atoms with Crippen molar-refractivity contribution in [1.82, 2.24) is 4.98 Å². The van der Waals surface area contributed by atoms with Crippen molar-refractivity contribution in [2.75, 3.05) is 0 Å². The number of rotatable bonds is 6. The van der Waals surface area contributed by atoms with E-state index < -0.39 is 23.2 Å². The second kappa shape index (κ2) is 11.1. The van der Waals surface area contributed by atoms with Crippen LogP contribution in [-0.4, -0.2) is 17.3 Å². The Morgan fingerprint density at radius 2 is 1.22 bits per heavy atom. The molecule has 0 spiro atoms. The molecular weight excluding hydrogens is 640 g/mol. The molecule has 0 aliphatic rings. The molecule has 0 atom stereocenters. The van der Waals surface area contributed by atoms with Gasteiger partial charge in [0, 0.05) is 39.0 Å². The molecule has 0 aliphatic heterocycles. The number of hydrogen-bond acceptors (Lipinski definition) is 3. The van der Waals surface area contributed by atoms with E-state index in [1.165, 1.54) is 27.7 Å². The van der Waals surface area contributed by atoms with Gasteiger partial charge in [-0.3, -0.25) is 4.98 Å². The van der Waals surface area contributed by atoms with Crippen LogP contribution in [-0.2, 0) is 12.8 Å². The number of hydrogen-bond donors (Lipinski definition) is 0. The molecule has 0 saturated carbocycles. The molecule has 4 aromatic carbocycles. The largest absolute Gasteiger partial charge is 0.456 e. The van der Waals surface area contributed by atoms with Crippen molar-refractivity contribution in [3.63, 3.8) is 0 Å². The summed E-state index contributed by atoms with van der Waals surface area (Å²) in [5.74, 6) is 0.574. The Balaban J connectivity index is 1.34. The zero-order valence-electron chi connectivity index (χ0n) is 27.5. The monoisotopic (exact) mass is 673 g/mol. The fraction of sp³-hybridized carbons (Fsp3) is 0.275. The van der Waals surface area contributed by atoms with Crippen LogP contribution in [0.5, 0.6) is 0 Å². The number of nitrogens with zero attached hydrogens (tertiary/aromatic N) is 1. The minimum atomic E-state index is -4.36. The maximum atomic E-state index is 13.7. The number of aromatic nitrogens is 1. The average Bonchev–Trinajstić information content (AvgIpc) is 3.56. The number of halogens is 6. The van der Waals surface area contributed by atoms with Crippen LogP contribution < -0.4 is 0 Å². The highest BCUT2D eigenvalue weighted by molar-refractivity contribution is 6.22. The van der Waals surface area contributed by atoms with Gasteiger partial charge >= 0.3 is 12.4 Å². The lowest BCUT2D eigenvalue weighted by atomic mass is 9.85. The highest BCUT2D eigenvalue weighted by atomic mass is 19.4. The Bertz CT molecular complexity index is 2390. The van der Waals surface area contributed by atoms with E-state index in [2.05, 4.69) is 4.98 Å². The fourth-order valence-corrected chi connectivity index (χ4v) is 6.57. The summed E-state index contributed by atoms with van der Waals surface area (Å²) in [6.07, 6.45) is -7.42. The Hall–Kier alpha value is -4.79. The average molecular weight is 674 g/mol. The Labute approximate surface area is 278 Å². The summed E-state index contributed by atoms with van der Waals surface area (Å²) in [7, 11) is 0. The molecule has 0 saturated heterocycles. The van der Waals surface area contributed by atoms with Gasteiger partial charge in [0.15, 0.2) is 0 Å². The van der Waals surface area contributed by atoms with Crippen LogP contribution >= 0.6 is 0 Å². The third kappa shape index (κ3) is 5.63. The van der Waals surface area contributed by atoms with Crippen LogP contribution in [0.4, 0.5) is 26.3 Å². The molecule has 0 amide bonds. The summed E-state index contributed by atoms with van der Waals surface area (Å²) < 4.78 is 94.6. The van der Waals surface area contributed by atoms with Crippen molar-refractivity contribution in [1.29, 1.82) is 0 Å². The van der Waals surface area contributed by atoms with Crippen LogP contribution in [0.2, 0.25) is 0 Å². The predicted octanol–water partition coefficient (Wildman–Crippen LogP) is 12.8. The van der Waals surface area contributed by atoms with E-state index in [-0.39, 0.29) is 12.8 Å². The van der Waals surface area contributed by atoms with Crippen LogP contribution in [0.1, 0.15) is 44.4 Å². The molecule has 9 heteroatoms. The first-order chi connectivity index (χ1) is 22.9. The summed E-state index contributed by atoms with van der Waals surface area (Å²) >= 11 is 0. The van der Waals surface area contributed by atoms with Crippen molar-refractivity contribution in [3.8, 4) is 22.6 Å². The Morgan fingerprint density at radius 1 is 0.633 bits per heavy atom. The van der Waals surface area contributed by atoms with Gasteiger partial charge in [-0.25, -0.2) is 0 Å². The molecule has 49 heavy (non-hydrogen) atoms. The van der Waals surface area contributed by atoms with E-state index in [4.69, 9.17) is 8.83 Å². The van der Waals surface area contributed by atoms with Gasteiger partial charge in [0.05, 0.1) is 16.5 Å². The molecule has 0 radical (unpaired) electrons. The number of alkyl halides is 6. The van der Waals surface area contributed by atoms with E-state index in [1.807, 2.05) is 55.5 Å². The molecule has 7 aromatic rings. The van der Waals surface area contributed by atoms with Gasteiger partial charge in [0.25, 0.3) is 0 Å². The maximum absolute atomic E-state index is 13.7. The van der Waals surface area contributed by atoms with Gasteiger partial charge in [-0.2, -0.15) is 26.3 Å². The van der Waals surface area contributed by atoms with Crippen molar-refractivity contribution in [2.24, 2.45) is 10.8 Å². The van der Waals surface area contributed by atoms with E-state index >= 15 is 0 Å². The SMILES string of the molecule is Cc1c(-c2ccnc(-c3cc4ccccc4c4c3oc3cc(CC(C)(C)C(F)(F)F)ccc34)c2)oc2cc(CC(C)(C)C(F)(F)F)ccc12. The predicted molar refractivity (Wildman–Crippen MR) is 181 cm³/mol. The van der Waals surface area contributed by atoms with E-state index in [0.29, 0.717) is 44.9 Å². The molecule has 0 unspecified atom stereocenters. The minimum Gasteiger partial charge on any atom is -0.456 e. The minimum absolute atomic E-state index is 0.183. The van der Waals surface area contributed by atoms with E-state index in [9.17, 15) is 26.3 Å². The number of benzene rings is 4. The van der Waals surface area contributed by atoms with Gasteiger partial charge in [-0.1, -0.05) is 76.2 Å². The molecule has 0 fully saturated rings. The summed E-state index contributed by atoms with van der Waals surface area (Å²) in [6.45, 7) is 6.67. The summed E-state index contributed by atoms with van der Waals surface area (Å²) in [4.78, 5) is 4.68. The number of aryl methyl sites for hydroxylation is 1. The Kier molecular flexibility index (Phi) is 7.43. The maximum Gasteiger partial charge on any atom is 0.394 e. The highest BCUT2D eigenvalue weighted by Gasteiger charge is 2.48.